The second kappa shape index (κ2) is 7.53. The minimum Gasteiger partial charge on any atom is -0.469 e. The van der Waals surface area contributed by atoms with Gasteiger partial charge in [-0.1, -0.05) is 17.7 Å². The number of hydrogen-bond acceptors (Lipinski definition) is 3. The van der Waals surface area contributed by atoms with E-state index in [2.05, 4.69) is 10.1 Å². The van der Waals surface area contributed by atoms with Gasteiger partial charge in [0.05, 0.1) is 18.6 Å². The highest BCUT2D eigenvalue weighted by molar-refractivity contribution is 6.30. The molecule has 102 valence electrons. The topological polar surface area (TPSA) is 55.4 Å². The Labute approximate surface area is 115 Å². The zero-order valence-corrected chi connectivity index (χ0v) is 11.0. The second-order valence-corrected chi connectivity index (χ2v) is 4.03. The quantitative estimate of drug-likeness (QED) is 0.666. The SMILES string of the molecule is COC(=O)CCNC(=O)/C=C/c1ccc(F)c(Cl)c1. The van der Waals surface area contributed by atoms with Crippen molar-refractivity contribution in [2.75, 3.05) is 13.7 Å². The van der Waals surface area contributed by atoms with E-state index >= 15 is 0 Å². The summed E-state index contributed by atoms with van der Waals surface area (Å²) in [5.41, 5.74) is 0.606. The molecule has 0 spiro atoms. The first-order valence-corrected chi connectivity index (χ1v) is 5.88. The summed E-state index contributed by atoms with van der Waals surface area (Å²) in [6.45, 7) is 0.194. The van der Waals surface area contributed by atoms with Gasteiger partial charge in [-0.05, 0) is 23.8 Å². The zero-order valence-electron chi connectivity index (χ0n) is 10.3. The van der Waals surface area contributed by atoms with Crippen LogP contribution in [0.3, 0.4) is 0 Å². The standard InChI is InChI=1S/C13H13ClFNO3/c1-19-13(18)6-7-16-12(17)5-3-9-2-4-11(15)10(14)8-9/h2-5,8H,6-7H2,1H3,(H,16,17)/b5-3+. The van der Waals surface area contributed by atoms with Gasteiger partial charge in [0.1, 0.15) is 5.82 Å². The van der Waals surface area contributed by atoms with Crippen molar-refractivity contribution in [3.63, 3.8) is 0 Å². The van der Waals surface area contributed by atoms with Crippen LogP contribution in [0.15, 0.2) is 24.3 Å². The molecule has 1 amide bonds. The van der Waals surface area contributed by atoms with Gasteiger partial charge in [0.15, 0.2) is 0 Å². The summed E-state index contributed by atoms with van der Waals surface area (Å²) >= 11 is 5.60. The Morgan fingerprint density at radius 1 is 1.47 bits per heavy atom. The van der Waals surface area contributed by atoms with Crippen molar-refractivity contribution < 1.29 is 18.7 Å². The van der Waals surface area contributed by atoms with E-state index in [1.54, 1.807) is 0 Å². The number of amides is 1. The molecule has 0 heterocycles. The maximum absolute atomic E-state index is 12.9. The van der Waals surface area contributed by atoms with E-state index in [1.165, 1.54) is 37.5 Å². The first-order chi connectivity index (χ1) is 9.02. The molecular weight excluding hydrogens is 273 g/mol. The molecule has 0 aliphatic heterocycles. The normalized spacial score (nSPS) is 10.5. The molecule has 1 N–H and O–H groups in total. The number of rotatable bonds is 5. The van der Waals surface area contributed by atoms with Crippen molar-refractivity contribution in [2.24, 2.45) is 0 Å². The summed E-state index contributed by atoms with van der Waals surface area (Å²) in [5, 5.41) is 2.50. The van der Waals surface area contributed by atoms with Crippen LogP contribution in [0.2, 0.25) is 5.02 Å². The smallest absolute Gasteiger partial charge is 0.307 e. The highest BCUT2D eigenvalue weighted by Gasteiger charge is 2.02. The Morgan fingerprint density at radius 3 is 2.84 bits per heavy atom. The number of carbonyl (C=O) groups excluding carboxylic acids is 2. The molecule has 0 aliphatic rings. The fraction of sp³-hybridized carbons (Fsp3) is 0.231. The van der Waals surface area contributed by atoms with Crippen molar-refractivity contribution in [3.05, 3.63) is 40.7 Å². The van der Waals surface area contributed by atoms with Crippen LogP contribution in [0.25, 0.3) is 6.08 Å². The lowest BCUT2D eigenvalue weighted by Gasteiger charge is -2.01. The number of hydrogen-bond donors (Lipinski definition) is 1. The van der Waals surface area contributed by atoms with Crippen molar-refractivity contribution in [1.82, 2.24) is 5.32 Å². The Balaban J connectivity index is 2.45. The minimum atomic E-state index is -0.513. The number of nitrogens with one attached hydrogen (secondary N) is 1. The van der Waals surface area contributed by atoms with Crippen LogP contribution in [0.5, 0.6) is 0 Å². The molecule has 1 rings (SSSR count). The summed E-state index contributed by atoms with van der Waals surface area (Å²) in [6, 6.07) is 4.13. The van der Waals surface area contributed by atoms with Gasteiger partial charge in [-0.3, -0.25) is 9.59 Å². The minimum absolute atomic E-state index is 0.00625. The van der Waals surface area contributed by atoms with Crippen LogP contribution in [-0.2, 0) is 14.3 Å². The molecule has 6 heteroatoms. The maximum atomic E-state index is 12.9. The summed E-state index contributed by atoms with van der Waals surface area (Å²) in [5.74, 6) is -1.26. The van der Waals surface area contributed by atoms with Crippen LogP contribution in [0.1, 0.15) is 12.0 Å². The first kappa shape index (κ1) is 15.2. The van der Waals surface area contributed by atoms with E-state index in [-0.39, 0.29) is 23.9 Å². The van der Waals surface area contributed by atoms with Crippen molar-refractivity contribution in [1.29, 1.82) is 0 Å². The van der Waals surface area contributed by atoms with Crippen molar-refractivity contribution >= 4 is 29.6 Å². The molecule has 19 heavy (non-hydrogen) atoms. The molecule has 0 aliphatic carbocycles. The average Bonchev–Trinajstić information content (AvgIpc) is 2.40. The Bertz CT molecular complexity index is 503. The summed E-state index contributed by atoms with van der Waals surface area (Å²) in [7, 11) is 1.28. The van der Waals surface area contributed by atoms with E-state index in [4.69, 9.17) is 11.6 Å². The summed E-state index contributed by atoms with van der Waals surface area (Å²) in [4.78, 5) is 22.2. The van der Waals surface area contributed by atoms with Crippen LogP contribution in [-0.4, -0.2) is 25.5 Å². The lowest BCUT2D eigenvalue weighted by Crippen LogP contribution is -2.24. The van der Waals surface area contributed by atoms with Crippen LogP contribution < -0.4 is 5.32 Å². The number of halogens is 2. The highest BCUT2D eigenvalue weighted by Crippen LogP contribution is 2.16. The van der Waals surface area contributed by atoms with Gasteiger partial charge in [0.25, 0.3) is 0 Å². The number of carbonyl (C=O) groups is 2. The lowest BCUT2D eigenvalue weighted by atomic mass is 10.2. The molecule has 4 nitrogen and oxygen atoms in total. The van der Waals surface area contributed by atoms with Crippen LogP contribution >= 0.6 is 11.6 Å². The van der Waals surface area contributed by atoms with E-state index in [1.807, 2.05) is 0 Å². The predicted molar refractivity (Wildman–Crippen MR) is 70.1 cm³/mol. The van der Waals surface area contributed by atoms with Gasteiger partial charge in [0, 0.05) is 12.6 Å². The monoisotopic (exact) mass is 285 g/mol. The van der Waals surface area contributed by atoms with Crippen molar-refractivity contribution in [3.8, 4) is 0 Å². The Morgan fingerprint density at radius 2 is 2.21 bits per heavy atom. The first-order valence-electron chi connectivity index (χ1n) is 5.50. The molecular formula is C13H13ClFNO3. The molecule has 0 saturated heterocycles. The van der Waals surface area contributed by atoms with Gasteiger partial charge in [-0.15, -0.1) is 0 Å². The molecule has 0 radical (unpaired) electrons. The van der Waals surface area contributed by atoms with Gasteiger partial charge < -0.3 is 10.1 Å². The van der Waals surface area contributed by atoms with Crippen LogP contribution in [0, 0.1) is 5.82 Å². The fourth-order valence-corrected chi connectivity index (χ4v) is 1.43. The molecule has 0 aromatic heterocycles. The average molecular weight is 286 g/mol. The van der Waals surface area contributed by atoms with E-state index in [9.17, 15) is 14.0 Å². The molecule has 1 aromatic carbocycles. The molecule has 0 fully saturated rings. The maximum Gasteiger partial charge on any atom is 0.307 e. The number of benzene rings is 1. The molecule has 1 aromatic rings. The van der Waals surface area contributed by atoms with E-state index < -0.39 is 11.8 Å². The molecule has 0 atom stereocenters. The second-order valence-electron chi connectivity index (χ2n) is 3.62. The van der Waals surface area contributed by atoms with Crippen LogP contribution in [0.4, 0.5) is 4.39 Å². The Kier molecular flexibility index (Phi) is 6.02. The molecule has 0 bridgehead atoms. The van der Waals surface area contributed by atoms with Gasteiger partial charge >= 0.3 is 5.97 Å². The fourth-order valence-electron chi connectivity index (χ4n) is 1.24. The lowest BCUT2D eigenvalue weighted by molar-refractivity contribution is -0.140. The third-order valence-corrected chi connectivity index (χ3v) is 2.52. The highest BCUT2D eigenvalue weighted by atomic mass is 35.5. The van der Waals surface area contributed by atoms with Crippen molar-refractivity contribution in [2.45, 2.75) is 6.42 Å². The zero-order chi connectivity index (χ0) is 14.3. The third kappa shape index (κ3) is 5.52. The number of esters is 1. The predicted octanol–water partition coefficient (Wildman–Crippen LogP) is 2.17. The Hall–Kier alpha value is -1.88. The van der Waals surface area contributed by atoms with Gasteiger partial charge in [-0.2, -0.15) is 0 Å². The third-order valence-electron chi connectivity index (χ3n) is 2.23. The molecule has 0 saturated carbocycles. The summed E-state index contributed by atoms with van der Waals surface area (Å²) in [6.07, 6.45) is 2.89. The summed E-state index contributed by atoms with van der Waals surface area (Å²) < 4.78 is 17.3. The van der Waals surface area contributed by atoms with Gasteiger partial charge in [0.2, 0.25) is 5.91 Å². The van der Waals surface area contributed by atoms with Gasteiger partial charge in [-0.25, -0.2) is 4.39 Å². The number of ether oxygens (including phenoxy) is 1. The number of methoxy groups -OCH3 is 1. The molecule has 0 unspecified atom stereocenters. The van der Waals surface area contributed by atoms with E-state index in [0.29, 0.717) is 5.56 Å². The largest absolute Gasteiger partial charge is 0.469 e. The van der Waals surface area contributed by atoms with E-state index in [0.717, 1.165) is 0 Å².